The molecule has 0 atom stereocenters. The van der Waals surface area contributed by atoms with Gasteiger partial charge in [-0.3, -0.25) is 4.79 Å². The van der Waals surface area contributed by atoms with E-state index in [2.05, 4.69) is 10.2 Å². The smallest absolute Gasteiger partial charge is 0.251 e. The molecular weight excluding hydrogens is 422 g/mol. The van der Waals surface area contributed by atoms with Crippen molar-refractivity contribution in [3.63, 3.8) is 0 Å². The van der Waals surface area contributed by atoms with Gasteiger partial charge in [-0.2, -0.15) is 0 Å². The van der Waals surface area contributed by atoms with Crippen molar-refractivity contribution in [2.24, 2.45) is 23.2 Å². The fourth-order valence-electron chi connectivity index (χ4n) is 7.27. The third kappa shape index (κ3) is 4.38. The molecule has 0 unspecified atom stereocenters. The van der Waals surface area contributed by atoms with Gasteiger partial charge in [0.25, 0.3) is 5.91 Å². The Hall–Kier alpha value is -0.840. The second-order valence-electron chi connectivity index (χ2n) is 10.7. The molecule has 0 aromatic heterocycles. The van der Waals surface area contributed by atoms with Gasteiger partial charge in [0, 0.05) is 35.2 Å². The molecule has 4 aliphatic carbocycles. The fraction of sp³-hybridized carbons (Fsp3) is 0.708. The van der Waals surface area contributed by atoms with Crippen LogP contribution < -0.4 is 5.32 Å². The number of carbonyl (C=O) groups excluding carboxylic acids is 1. The summed E-state index contributed by atoms with van der Waals surface area (Å²) in [5.74, 6) is 2.54. The first kappa shape index (κ1) is 21.0. The van der Waals surface area contributed by atoms with Crippen LogP contribution >= 0.6 is 23.2 Å². The minimum Gasteiger partial charge on any atom is -0.349 e. The number of carbonyl (C=O) groups is 1. The van der Waals surface area contributed by atoms with Crippen molar-refractivity contribution in [2.45, 2.75) is 57.0 Å². The summed E-state index contributed by atoms with van der Waals surface area (Å²) in [7, 11) is 0. The van der Waals surface area contributed by atoms with E-state index >= 15 is 4.39 Å². The summed E-state index contributed by atoms with van der Waals surface area (Å²) in [5, 5.41) is 3.56. The zero-order chi connectivity index (χ0) is 20.9. The van der Waals surface area contributed by atoms with Crippen LogP contribution in [0.3, 0.4) is 0 Å². The predicted octanol–water partition coefficient (Wildman–Crippen LogP) is 5.74. The molecule has 1 aromatic carbocycles. The lowest BCUT2D eigenvalue weighted by Gasteiger charge is -2.58. The molecule has 1 aromatic rings. The van der Waals surface area contributed by atoms with Gasteiger partial charge >= 0.3 is 0 Å². The predicted molar refractivity (Wildman–Crippen MR) is 119 cm³/mol. The molecular formula is C24H31Cl2FN2O. The highest BCUT2D eigenvalue weighted by molar-refractivity contribution is 6.35. The van der Waals surface area contributed by atoms with Crippen LogP contribution in [0.15, 0.2) is 18.2 Å². The molecule has 1 N–H and O–H groups in total. The molecule has 164 valence electrons. The van der Waals surface area contributed by atoms with E-state index in [1.165, 1.54) is 38.5 Å². The number of hydrogen-bond donors (Lipinski definition) is 1. The molecule has 4 saturated carbocycles. The number of alkyl halides is 1. The third-order valence-electron chi connectivity index (χ3n) is 8.17. The minimum atomic E-state index is -1.34. The molecule has 6 rings (SSSR count). The van der Waals surface area contributed by atoms with Gasteiger partial charge in [-0.1, -0.05) is 23.2 Å². The molecule has 1 heterocycles. The van der Waals surface area contributed by atoms with Crippen LogP contribution in [0.4, 0.5) is 4.39 Å². The van der Waals surface area contributed by atoms with E-state index in [0.29, 0.717) is 33.9 Å². The maximum absolute atomic E-state index is 15.4. The highest BCUT2D eigenvalue weighted by Crippen LogP contribution is 2.60. The van der Waals surface area contributed by atoms with Crippen LogP contribution in [-0.4, -0.2) is 42.7 Å². The average Bonchev–Trinajstić information content (AvgIpc) is 2.66. The van der Waals surface area contributed by atoms with Crippen molar-refractivity contribution < 1.29 is 9.18 Å². The van der Waals surface area contributed by atoms with Gasteiger partial charge in [0.1, 0.15) is 5.67 Å². The lowest BCUT2D eigenvalue weighted by molar-refractivity contribution is -0.0768. The van der Waals surface area contributed by atoms with E-state index < -0.39 is 5.67 Å². The molecule has 1 amide bonds. The summed E-state index contributed by atoms with van der Waals surface area (Å²) in [5.41, 5.74) is -0.462. The number of nitrogens with one attached hydrogen (secondary N) is 1. The molecule has 5 fully saturated rings. The summed E-state index contributed by atoms with van der Waals surface area (Å²) in [6.45, 7) is 2.77. The van der Waals surface area contributed by atoms with Gasteiger partial charge in [0.2, 0.25) is 0 Å². The average molecular weight is 453 g/mol. The van der Waals surface area contributed by atoms with E-state index in [-0.39, 0.29) is 12.5 Å². The largest absolute Gasteiger partial charge is 0.349 e. The molecule has 1 aliphatic heterocycles. The summed E-state index contributed by atoms with van der Waals surface area (Å²) in [6.07, 6.45) is 9.54. The molecule has 30 heavy (non-hydrogen) atoms. The molecule has 0 spiro atoms. The summed E-state index contributed by atoms with van der Waals surface area (Å²) < 4.78 is 15.4. The van der Waals surface area contributed by atoms with Crippen molar-refractivity contribution >= 4 is 29.1 Å². The van der Waals surface area contributed by atoms with Gasteiger partial charge < -0.3 is 10.2 Å². The Bertz CT molecular complexity index is 766. The standard InChI is InChI=1S/C24H31Cl2FN2O/c25-20-8-19(9-21(26)10-20)22(30)28-14-24(27)1-3-29(4-2-24)15-23-11-16-5-17(12-23)7-18(6-16)13-23/h8-10,16-18H,1-7,11-15H2,(H,28,30). The molecule has 6 heteroatoms. The van der Waals surface area contributed by atoms with Gasteiger partial charge in [-0.05, 0) is 92.7 Å². The van der Waals surface area contributed by atoms with Crippen molar-refractivity contribution in [3.8, 4) is 0 Å². The summed E-state index contributed by atoms with van der Waals surface area (Å²) >= 11 is 11.9. The first-order chi connectivity index (χ1) is 14.3. The van der Waals surface area contributed by atoms with E-state index in [1.807, 2.05) is 0 Å². The quantitative estimate of drug-likeness (QED) is 0.616. The summed E-state index contributed by atoms with van der Waals surface area (Å²) in [4.78, 5) is 14.9. The van der Waals surface area contributed by atoms with Crippen molar-refractivity contribution in [2.75, 3.05) is 26.2 Å². The van der Waals surface area contributed by atoms with Crippen LogP contribution in [0.5, 0.6) is 0 Å². The maximum Gasteiger partial charge on any atom is 0.251 e. The Morgan fingerprint density at radius 1 is 1.00 bits per heavy atom. The van der Waals surface area contributed by atoms with E-state index in [4.69, 9.17) is 23.2 Å². The zero-order valence-corrected chi connectivity index (χ0v) is 19.0. The van der Waals surface area contributed by atoms with Crippen molar-refractivity contribution in [1.82, 2.24) is 10.2 Å². The Morgan fingerprint density at radius 3 is 2.07 bits per heavy atom. The minimum absolute atomic E-state index is 0.0428. The second kappa shape index (κ2) is 7.94. The molecule has 0 radical (unpaired) electrons. The number of halogens is 3. The van der Waals surface area contributed by atoms with E-state index in [9.17, 15) is 4.79 Å². The molecule has 5 aliphatic rings. The number of rotatable bonds is 5. The zero-order valence-electron chi connectivity index (χ0n) is 17.4. The van der Waals surface area contributed by atoms with Crippen LogP contribution in [0.1, 0.15) is 61.7 Å². The molecule has 4 bridgehead atoms. The maximum atomic E-state index is 15.4. The van der Waals surface area contributed by atoms with E-state index in [0.717, 1.165) is 37.4 Å². The number of benzene rings is 1. The normalized spacial score (nSPS) is 34.8. The third-order valence-corrected chi connectivity index (χ3v) is 8.60. The van der Waals surface area contributed by atoms with Gasteiger partial charge in [0.05, 0.1) is 6.54 Å². The number of amides is 1. The van der Waals surface area contributed by atoms with Crippen LogP contribution in [0, 0.1) is 23.2 Å². The first-order valence-electron chi connectivity index (χ1n) is 11.5. The van der Waals surface area contributed by atoms with Gasteiger partial charge in [0.15, 0.2) is 0 Å². The Balaban J connectivity index is 1.13. The Labute approximate surface area is 188 Å². The topological polar surface area (TPSA) is 32.3 Å². The lowest BCUT2D eigenvalue weighted by Crippen LogP contribution is -2.54. The Kier molecular flexibility index (Phi) is 5.56. The first-order valence-corrected chi connectivity index (χ1v) is 12.2. The highest BCUT2D eigenvalue weighted by atomic mass is 35.5. The van der Waals surface area contributed by atoms with Gasteiger partial charge in [-0.15, -0.1) is 0 Å². The van der Waals surface area contributed by atoms with E-state index in [1.54, 1.807) is 18.2 Å². The number of piperidine rings is 1. The molecule has 1 saturated heterocycles. The highest BCUT2D eigenvalue weighted by Gasteiger charge is 2.51. The summed E-state index contributed by atoms with van der Waals surface area (Å²) in [6, 6.07) is 4.69. The monoisotopic (exact) mass is 452 g/mol. The number of nitrogens with zero attached hydrogens (tertiary/aromatic N) is 1. The van der Waals surface area contributed by atoms with Crippen molar-refractivity contribution in [3.05, 3.63) is 33.8 Å². The lowest BCUT2D eigenvalue weighted by atomic mass is 9.49. The number of hydrogen-bond acceptors (Lipinski definition) is 2. The van der Waals surface area contributed by atoms with Gasteiger partial charge in [-0.25, -0.2) is 4.39 Å². The second-order valence-corrected chi connectivity index (χ2v) is 11.6. The van der Waals surface area contributed by atoms with Crippen LogP contribution in [0.2, 0.25) is 10.0 Å². The van der Waals surface area contributed by atoms with Crippen LogP contribution in [-0.2, 0) is 0 Å². The SMILES string of the molecule is O=C(NCC1(F)CCN(CC23CC4CC(CC(C4)C2)C3)CC1)c1cc(Cl)cc(Cl)c1. The van der Waals surface area contributed by atoms with Crippen LogP contribution in [0.25, 0.3) is 0 Å². The fourth-order valence-corrected chi connectivity index (χ4v) is 7.80. The number of likely N-dealkylation sites (tertiary alicyclic amines) is 1. The molecule has 3 nitrogen and oxygen atoms in total. The van der Waals surface area contributed by atoms with Crippen molar-refractivity contribution in [1.29, 1.82) is 0 Å². The Morgan fingerprint density at radius 2 is 1.53 bits per heavy atom.